The lowest BCUT2D eigenvalue weighted by Crippen LogP contribution is -2.33. The zero-order valence-electron chi connectivity index (χ0n) is 14.0. The Balaban J connectivity index is 1.55. The van der Waals surface area contributed by atoms with Gasteiger partial charge in [-0.15, -0.1) is 10.2 Å². The van der Waals surface area contributed by atoms with E-state index in [1.165, 1.54) is 12.8 Å². The third-order valence-electron chi connectivity index (χ3n) is 4.20. The molecule has 1 saturated heterocycles. The Labute approximate surface area is 141 Å². The van der Waals surface area contributed by atoms with E-state index in [0.29, 0.717) is 18.4 Å². The Morgan fingerprint density at radius 1 is 1.38 bits per heavy atom. The molecule has 2 heterocycles. The van der Waals surface area contributed by atoms with E-state index in [1.807, 2.05) is 18.2 Å². The normalized spacial score (nSPS) is 17.2. The number of anilines is 1. The van der Waals surface area contributed by atoms with Crippen LogP contribution < -0.4 is 4.90 Å². The van der Waals surface area contributed by atoms with Gasteiger partial charge in [0, 0.05) is 39.5 Å². The molecular formula is C17H22N4O3. The number of hydrogen-bond acceptors (Lipinski definition) is 6. The first-order valence-electron chi connectivity index (χ1n) is 8.04. The number of methoxy groups -OCH3 is 1. The minimum atomic E-state index is -0.247. The van der Waals surface area contributed by atoms with Crippen molar-refractivity contribution in [3.8, 4) is 0 Å². The highest BCUT2D eigenvalue weighted by Crippen LogP contribution is 2.24. The summed E-state index contributed by atoms with van der Waals surface area (Å²) in [5, 5.41) is 7.59. The second-order valence-electron chi connectivity index (χ2n) is 6.06. The van der Waals surface area contributed by atoms with Crippen molar-refractivity contribution in [3.63, 3.8) is 0 Å². The maximum atomic E-state index is 12.4. The van der Waals surface area contributed by atoms with Crippen LogP contribution in [0.2, 0.25) is 0 Å². The fraction of sp³-hybridized carbons (Fsp3) is 0.471. The Morgan fingerprint density at radius 3 is 2.92 bits per heavy atom. The fourth-order valence-electron chi connectivity index (χ4n) is 3.01. The summed E-state index contributed by atoms with van der Waals surface area (Å²) in [4.78, 5) is 16.4. The summed E-state index contributed by atoms with van der Waals surface area (Å²) in [6.07, 6.45) is 1.06. The number of amides is 1. The molecule has 0 N–H and O–H groups in total. The SMILES string of the molecule is COCc1nnc(C(=O)N(C)C[C@H]2CCN(c3ccccc3)C2)o1. The van der Waals surface area contributed by atoms with Crippen molar-refractivity contribution in [2.45, 2.75) is 13.0 Å². The van der Waals surface area contributed by atoms with E-state index < -0.39 is 0 Å². The molecule has 0 aliphatic carbocycles. The average molecular weight is 330 g/mol. The first kappa shape index (κ1) is 16.4. The lowest BCUT2D eigenvalue weighted by molar-refractivity contribution is 0.0729. The fourth-order valence-corrected chi connectivity index (χ4v) is 3.01. The first-order valence-corrected chi connectivity index (χ1v) is 8.04. The number of benzene rings is 1. The summed E-state index contributed by atoms with van der Waals surface area (Å²) in [5.74, 6) is 0.511. The van der Waals surface area contributed by atoms with Crippen LogP contribution in [0.5, 0.6) is 0 Å². The number of carbonyl (C=O) groups excluding carboxylic acids is 1. The Bertz CT molecular complexity index is 673. The predicted molar refractivity (Wildman–Crippen MR) is 88.7 cm³/mol. The molecule has 0 spiro atoms. The van der Waals surface area contributed by atoms with Crippen LogP contribution >= 0.6 is 0 Å². The molecule has 0 saturated carbocycles. The molecular weight excluding hydrogens is 308 g/mol. The summed E-state index contributed by atoms with van der Waals surface area (Å²) < 4.78 is 10.2. The highest BCUT2D eigenvalue weighted by atomic mass is 16.5. The van der Waals surface area contributed by atoms with Crippen LogP contribution in [-0.2, 0) is 11.3 Å². The van der Waals surface area contributed by atoms with Crippen LogP contribution in [0, 0.1) is 5.92 Å². The van der Waals surface area contributed by atoms with E-state index in [1.54, 1.807) is 11.9 Å². The van der Waals surface area contributed by atoms with Crippen LogP contribution in [0.25, 0.3) is 0 Å². The van der Waals surface area contributed by atoms with Crippen molar-refractivity contribution in [2.75, 3.05) is 38.7 Å². The molecule has 128 valence electrons. The molecule has 2 aromatic rings. The third-order valence-corrected chi connectivity index (χ3v) is 4.20. The minimum absolute atomic E-state index is 0.0162. The topological polar surface area (TPSA) is 71.7 Å². The molecule has 0 unspecified atom stereocenters. The van der Waals surface area contributed by atoms with Crippen molar-refractivity contribution >= 4 is 11.6 Å². The number of hydrogen-bond donors (Lipinski definition) is 0. The van der Waals surface area contributed by atoms with E-state index >= 15 is 0 Å². The molecule has 1 amide bonds. The van der Waals surface area contributed by atoms with Gasteiger partial charge in [0.25, 0.3) is 0 Å². The average Bonchev–Trinajstić information content (AvgIpc) is 3.25. The van der Waals surface area contributed by atoms with Gasteiger partial charge in [0.05, 0.1) is 0 Å². The zero-order valence-corrected chi connectivity index (χ0v) is 14.0. The van der Waals surface area contributed by atoms with Gasteiger partial charge < -0.3 is 19.0 Å². The molecule has 1 aliphatic heterocycles. The van der Waals surface area contributed by atoms with E-state index in [-0.39, 0.29) is 18.4 Å². The third kappa shape index (κ3) is 3.73. The Morgan fingerprint density at radius 2 is 2.17 bits per heavy atom. The molecule has 1 aromatic carbocycles. The summed E-state index contributed by atoms with van der Waals surface area (Å²) in [6.45, 7) is 2.83. The largest absolute Gasteiger partial charge is 0.414 e. The van der Waals surface area contributed by atoms with Crippen molar-refractivity contribution in [3.05, 3.63) is 42.1 Å². The Hall–Kier alpha value is -2.41. The zero-order chi connectivity index (χ0) is 16.9. The van der Waals surface area contributed by atoms with Crippen LogP contribution in [0.3, 0.4) is 0 Å². The standard InChI is InChI=1S/C17H22N4O3/c1-20(17(22)16-19-18-15(24-16)12-23-2)10-13-8-9-21(11-13)14-6-4-3-5-7-14/h3-7,13H,8-12H2,1-2H3/t13-/m1/s1. The quantitative estimate of drug-likeness (QED) is 0.804. The number of rotatable bonds is 6. The maximum absolute atomic E-state index is 12.4. The van der Waals surface area contributed by atoms with Gasteiger partial charge in [-0.1, -0.05) is 18.2 Å². The van der Waals surface area contributed by atoms with Crippen LogP contribution in [0.4, 0.5) is 5.69 Å². The first-order chi connectivity index (χ1) is 11.7. The molecule has 3 rings (SSSR count). The maximum Gasteiger partial charge on any atom is 0.311 e. The van der Waals surface area contributed by atoms with Crippen LogP contribution in [0.1, 0.15) is 23.0 Å². The molecule has 24 heavy (non-hydrogen) atoms. The number of nitrogens with zero attached hydrogens (tertiary/aromatic N) is 4. The van der Waals surface area contributed by atoms with Crippen molar-refractivity contribution in [1.29, 1.82) is 0 Å². The van der Waals surface area contributed by atoms with E-state index in [9.17, 15) is 4.79 Å². The van der Waals surface area contributed by atoms with Gasteiger partial charge in [-0.2, -0.15) is 0 Å². The van der Waals surface area contributed by atoms with Crippen LogP contribution in [0.15, 0.2) is 34.7 Å². The predicted octanol–water partition coefficient (Wildman–Crippen LogP) is 1.81. The number of aromatic nitrogens is 2. The monoisotopic (exact) mass is 330 g/mol. The molecule has 1 aliphatic rings. The number of para-hydroxylation sites is 1. The second kappa shape index (κ2) is 7.44. The molecule has 0 radical (unpaired) electrons. The van der Waals surface area contributed by atoms with Gasteiger partial charge in [-0.05, 0) is 24.5 Å². The van der Waals surface area contributed by atoms with Gasteiger partial charge in [0.1, 0.15) is 6.61 Å². The van der Waals surface area contributed by atoms with Gasteiger partial charge in [-0.3, -0.25) is 4.79 Å². The lowest BCUT2D eigenvalue weighted by atomic mass is 10.1. The van der Waals surface area contributed by atoms with Crippen molar-refractivity contribution in [1.82, 2.24) is 15.1 Å². The second-order valence-corrected chi connectivity index (χ2v) is 6.06. The highest BCUT2D eigenvalue weighted by molar-refractivity contribution is 5.89. The summed E-state index contributed by atoms with van der Waals surface area (Å²) >= 11 is 0. The number of carbonyl (C=O) groups is 1. The summed E-state index contributed by atoms with van der Waals surface area (Å²) in [6, 6.07) is 10.3. The highest BCUT2D eigenvalue weighted by Gasteiger charge is 2.27. The Kier molecular flexibility index (Phi) is 5.10. The van der Waals surface area contributed by atoms with E-state index in [4.69, 9.17) is 9.15 Å². The summed E-state index contributed by atoms with van der Waals surface area (Å²) in [5.41, 5.74) is 1.23. The van der Waals surface area contributed by atoms with Gasteiger partial charge >= 0.3 is 11.8 Å². The number of ether oxygens (including phenoxy) is 1. The molecule has 7 nitrogen and oxygen atoms in total. The van der Waals surface area contributed by atoms with Crippen molar-refractivity contribution < 1.29 is 13.9 Å². The smallest absolute Gasteiger partial charge is 0.311 e. The molecule has 1 aromatic heterocycles. The molecule has 1 atom stereocenters. The minimum Gasteiger partial charge on any atom is -0.414 e. The molecule has 1 fully saturated rings. The van der Waals surface area contributed by atoms with Gasteiger partial charge in [0.2, 0.25) is 5.89 Å². The van der Waals surface area contributed by atoms with E-state index in [0.717, 1.165) is 19.5 Å². The molecule has 0 bridgehead atoms. The molecule has 7 heteroatoms. The van der Waals surface area contributed by atoms with Crippen LogP contribution in [-0.4, -0.2) is 54.8 Å². The summed E-state index contributed by atoms with van der Waals surface area (Å²) in [7, 11) is 3.31. The van der Waals surface area contributed by atoms with Gasteiger partial charge in [-0.25, -0.2) is 0 Å². The van der Waals surface area contributed by atoms with Crippen molar-refractivity contribution in [2.24, 2.45) is 5.92 Å². The van der Waals surface area contributed by atoms with Gasteiger partial charge in [0.15, 0.2) is 0 Å². The lowest BCUT2D eigenvalue weighted by Gasteiger charge is -2.21. The van der Waals surface area contributed by atoms with E-state index in [2.05, 4.69) is 27.2 Å².